The van der Waals surface area contributed by atoms with Crippen molar-refractivity contribution in [1.29, 1.82) is 0 Å². The van der Waals surface area contributed by atoms with Crippen LogP contribution in [0.5, 0.6) is 5.75 Å². The number of benzene rings is 1. The molecule has 0 spiro atoms. The van der Waals surface area contributed by atoms with Gasteiger partial charge in [0.15, 0.2) is 0 Å². The number of carbonyl (C=O) groups excluding carboxylic acids is 2. The standard InChI is InChI=1S/C23H18Cl3N7O3S/c1-36-15-7-13(25)6-14(21(34)32-17-3-2-12(24)9-29-17)19(15)33-22(35)20-18(26)11(10-37-20)8-30-23-28-5-4-16(27)31-23/h2-7,9-10H,8H2,1H3,(H,33,35)(H,29,32,34)(H3,27,28,30,31). The Hall–Kier alpha value is -3.64. The van der Waals surface area contributed by atoms with E-state index in [2.05, 4.69) is 30.9 Å². The van der Waals surface area contributed by atoms with E-state index in [9.17, 15) is 9.59 Å². The number of pyridine rings is 1. The lowest BCUT2D eigenvalue weighted by atomic mass is 10.1. The molecule has 10 nitrogen and oxygen atoms in total. The Morgan fingerprint density at radius 1 is 1.05 bits per heavy atom. The summed E-state index contributed by atoms with van der Waals surface area (Å²) in [7, 11) is 1.39. The molecular formula is C23H18Cl3N7O3S. The Morgan fingerprint density at radius 2 is 1.86 bits per heavy atom. The highest BCUT2D eigenvalue weighted by Crippen LogP contribution is 2.35. The van der Waals surface area contributed by atoms with E-state index in [0.29, 0.717) is 22.4 Å². The van der Waals surface area contributed by atoms with Gasteiger partial charge in [0.2, 0.25) is 5.95 Å². The molecular weight excluding hydrogens is 561 g/mol. The lowest BCUT2D eigenvalue weighted by Gasteiger charge is -2.15. The predicted molar refractivity (Wildman–Crippen MR) is 146 cm³/mol. The maximum absolute atomic E-state index is 13.2. The number of hydrogen-bond acceptors (Lipinski definition) is 9. The minimum absolute atomic E-state index is 0.0582. The van der Waals surface area contributed by atoms with E-state index >= 15 is 0 Å². The van der Waals surface area contributed by atoms with E-state index in [1.807, 2.05) is 0 Å². The van der Waals surface area contributed by atoms with Gasteiger partial charge in [-0.3, -0.25) is 9.59 Å². The van der Waals surface area contributed by atoms with Crippen LogP contribution in [0.2, 0.25) is 15.1 Å². The summed E-state index contributed by atoms with van der Waals surface area (Å²) in [6, 6.07) is 7.57. The van der Waals surface area contributed by atoms with Gasteiger partial charge in [-0.25, -0.2) is 9.97 Å². The first-order valence-electron chi connectivity index (χ1n) is 10.4. The second-order valence-electron chi connectivity index (χ2n) is 7.36. The molecule has 4 aromatic rings. The summed E-state index contributed by atoms with van der Waals surface area (Å²) >= 11 is 19.7. The van der Waals surface area contributed by atoms with Crippen LogP contribution in [0.25, 0.3) is 0 Å². The largest absolute Gasteiger partial charge is 0.494 e. The number of nitrogens with one attached hydrogen (secondary N) is 3. The smallest absolute Gasteiger partial charge is 0.267 e. The molecule has 3 heterocycles. The summed E-state index contributed by atoms with van der Waals surface area (Å²) in [5, 5.41) is 11.0. The normalized spacial score (nSPS) is 10.6. The lowest BCUT2D eigenvalue weighted by Crippen LogP contribution is -2.19. The van der Waals surface area contributed by atoms with Crippen molar-refractivity contribution in [1.82, 2.24) is 15.0 Å². The van der Waals surface area contributed by atoms with Crippen molar-refractivity contribution in [3.05, 3.63) is 79.2 Å². The van der Waals surface area contributed by atoms with Crippen molar-refractivity contribution in [2.24, 2.45) is 0 Å². The van der Waals surface area contributed by atoms with E-state index in [1.54, 1.807) is 17.5 Å². The number of nitrogens with zero attached hydrogens (tertiary/aromatic N) is 3. The van der Waals surface area contributed by atoms with Gasteiger partial charge >= 0.3 is 0 Å². The van der Waals surface area contributed by atoms with E-state index in [4.69, 9.17) is 45.3 Å². The first-order chi connectivity index (χ1) is 17.7. The third kappa shape index (κ3) is 6.38. The van der Waals surface area contributed by atoms with Crippen LogP contribution < -0.4 is 26.4 Å². The van der Waals surface area contributed by atoms with Crippen LogP contribution in [0.1, 0.15) is 25.6 Å². The molecule has 3 aromatic heterocycles. The van der Waals surface area contributed by atoms with Crippen LogP contribution in [0.3, 0.4) is 0 Å². The number of anilines is 4. The molecule has 1 aromatic carbocycles. The number of halogens is 3. The third-order valence-corrected chi connectivity index (χ3v) is 6.87. The number of amides is 2. The molecule has 5 N–H and O–H groups in total. The SMILES string of the molecule is COc1cc(Cl)cc(C(=O)Nc2ccc(Cl)cn2)c1NC(=O)c1scc(CNc2nccc(N)n2)c1Cl. The third-order valence-electron chi connectivity index (χ3n) is 4.86. The van der Waals surface area contributed by atoms with Gasteiger partial charge in [0.1, 0.15) is 22.3 Å². The number of aromatic nitrogens is 3. The molecule has 0 atom stereocenters. The molecule has 4 rings (SSSR count). The lowest BCUT2D eigenvalue weighted by molar-refractivity contribution is 0.102. The Kier molecular flexibility index (Phi) is 8.29. The van der Waals surface area contributed by atoms with Gasteiger partial charge < -0.3 is 26.4 Å². The minimum Gasteiger partial charge on any atom is -0.494 e. The minimum atomic E-state index is -0.574. The summed E-state index contributed by atoms with van der Waals surface area (Å²) in [6.45, 7) is 0.262. The average Bonchev–Trinajstić information content (AvgIpc) is 3.25. The van der Waals surface area contributed by atoms with Crippen molar-refractivity contribution in [2.45, 2.75) is 6.54 Å². The maximum Gasteiger partial charge on any atom is 0.267 e. The zero-order valence-corrected chi connectivity index (χ0v) is 22.1. The maximum atomic E-state index is 13.2. The number of hydrogen-bond donors (Lipinski definition) is 4. The highest BCUT2D eigenvalue weighted by atomic mass is 35.5. The van der Waals surface area contributed by atoms with E-state index in [-0.39, 0.29) is 44.3 Å². The van der Waals surface area contributed by atoms with Gasteiger partial charge in [0.25, 0.3) is 11.8 Å². The number of rotatable bonds is 8. The topological polar surface area (TPSA) is 144 Å². The van der Waals surface area contributed by atoms with Crippen LogP contribution in [0.4, 0.5) is 23.3 Å². The molecule has 0 aliphatic rings. The average molecular weight is 579 g/mol. The number of ether oxygens (including phenoxy) is 1. The second-order valence-corrected chi connectivity index (χ2v) is 9.49. The van der Waals surface area contributed by atoms with Crippen LogP contribution >= 0.6 is 46.1 Å². The Morgan fingerprint density at radius 3 is 2.57 bits per heavy atom. The van der Waals surface area contributed by atoms with Crippen LogP contribution in [-0.2, 0) is 6.54 Å². The summed E-state index contributed by atoms with van der Waals surface area (Å²) in [6.07, 6.45) is 2.91. The summed E-state index contributed by atoms with van der Waals surface area (Å²) in [5.74, 6) is -0.0322. The molecule has 0 saturated carbocycles. The number of methoxy groups -OCH3 is 1. The summed E-state index contributed by atoms with van der Waals surface area (Å²) in [4.78, 5) is 38.7. The Balaban J connectivity index is 1.56. The van der Waals surface area contributed by atoms with Crippen molar-refractivity contribution in [3.8, 4) is 5.75 Å². The Bertz CT molecular complexity index is 1460. The first kappa shape index (κ1) is 26.4. The van der Waals surface area contributed by atoms with E-state index < -0.39 is 11.8 Å². The summed E-state index contributed by atoms with van der Waals surface area (Å²) in [5.41, 5.74) is 6.49. The van der Waals surface area contributed by atoms with Gasteiger partial charge in [-0.1, -0.05) is 34.8 Å². The second kappa shape index (κ2) is 11.6. The monoisotopic (exact) mass is 577 g/mol. The highest BCUT2D eigenvalue weighted by Gasteiger charge is 2.23. The fourth-order valence-corrected chi connectivity index (χ4v) is 4.72. The van der Waals surface area contributed by atoms with E-state index in [0.717, 1.165) is 11.3 Å². The van der Waals surface area contributed by atoms with Crippen LogP contribution in [0, 0.1) is 0 Å². The van der Waals surface area contributed by atoms with Crippen LogP contribution in [0.15, 0.2) is 48.1 Å². The molecule has 0 aliphatic carbocycles. The molecule has 2 amide bonds. The molecule has 0 aliphatic heterocycles. The van der Waals surface area contributed by atoms with Gasteiger partial charge in [-0.15, -0.1) is 11.3 Å². The van der Waals surface area contributed by atoms with Crippen molar-refractivity contribution >= 4 is 81.2 Å². The number of thiophene rings is 1. The summed E-state index contributed by atoms with van der Waals surface area (Å²) < 4.78 is 5.38. The molecule has 14 heteroatoms. The first-order valence-corrected chi connectivity index (χ1v) is 12.5. The van der Waals surface area contributed by atoms with Crippen LogP contribution in [-0.4, -0.2) is 33.9 Å². The van der Waals surface area contributed by atoms with Crippen molar-refractivity contribution < 1.29 is 14.3 Å². The van der Waals surface area contributed by atoms with Crippen molar-refractivity contribution in [2.75, 3.05) is 28.8 Å². The molecule has 0 bridgehead atoms. The predicted octanol–water partition coefficient (Wildman–Crippen LogP) is 5.60. The molecule has 0 radical (unpaired) electrons. The molecule has 37 heavy (non-hydrogen) atoms. The number of nitrogens with two attached hydrogens (primary N) is 1. The highest BCUT2D eigenvalue weighted by molar-refractivity contribution is 7.13. The number of carbonyl (C=O) groups is 2. The van der Waals surface area contributed by atoms with Gasteiger partial charge in [0.05, 0.1) is 28.4 Å². The molecule has 0 fully saturated rings. The quantitative estimate of drug-likeness (QED) is 0.211. The molecule has 0 unspecified atom stereocenters. The zero-order chi connectivity index (χ0) is 26.5. The zero-order valence-electron chi connectivity index (χ0n) is 19.0. The molecule has 190 valence electrons. The Labute approximate surface area is 230 Å². The van der Waals surface area contributed by atoms with Gasteiger partial charge in [0, 0.05) is 35.6 Å². The van der Waals surface area contributed by atoms with E-state index in [1.165, 1.54) is 37.7 Å². The fraction of sp³-hybridized carbons (Fsp3) is 0.0870. The fourth-order valence-electron chi connectivity index (χ4n) is 3.14. The number of nitrogen functional groups attached to an aromatic ring is 1. The van der Waals surface area contributed by atoms with Gasteiger partial charge in [-0.05, 0) is 29.6 Å². The molecule has 0 saturated heterocycles. The van der Waals surface area contributed by atoms with Crippen molar-refractivity contribution in [3.63, 3.8) is 0 Å². The van der Waals surface area contributed by atoms with Gasteiger partial charge in [-0.2, -0.15) is 4.98 Å².